The number of anilines is 2. The van der Waals surface area contributed by atoms with Gasteiger partial charge in [-0.1, -0.05) is 12.1 Å². The minimum absolute atomic E-state index is 0.0299. The summed E-state index contributed by atoms with van der Waals surface area (Å²) in [7, 11) is 0. The van der Waals surface area contributed by atoms with Crippen molar-refractivity contribution < 1.29 is 18.0 Å². The molecule has 0 aliphatic carbocycles. The van der Waals surface area contributed by atoms with Gasteiger partial charge >= 0.3 is 6.18 Å². The van der Waals surface area contributed by atoms with Crippen molar-refractivity contribution in [2.24, 2.45) is 0 Å². The third-order valence-corrected chi connectivity index (χ3v) is 4.03. The van der Waals surface area contributed by atoms with Crippen molar-refractivity contribution in [3.8, 4) is 0 Å². The summed E-state index contributed by atoms with van der Waals surface area (Å²) in [6, 6.07) is 4.82. The zero-order valence-corrected chi connectivity index (χ0v) is 13.4. The summed E-state index contributed by atoms with van der Waals surface area (Å²) >= 11 is 0. The second-order valence-corrected chi connectivity index (χ2v) is 5.81. The Bertz CT molecular complexity index is 740. The fourth-order valence-electron chi connectivity index (χ4n) is 2.75. The molecule has 1 aliphatic rings. The fraction of sp³-hybridized carbons (Fsp3) is 0.353. The van der Waals surface area contributed by atoms with Gasteiger partial charge in [-0.2, -0.15) is 13.2 Å². The topological polar surface area (TPSA) is 58.1 Å². The predicted octanol–water partition coefficient (Wildman–Crippen LogP) is 3.74. The summed E-state index contributed by atoms with van der Waals surface area (Å²) in [6.45, 7) is 1.78. The Labute approximate surface area is 142 Å². The Kier molecular flexibility index (Phi) is 4.87. The Balaban J connectivity index is 1.74. The zero-order chi connectivity index (χ0) is 17.9. The highest BCUT2D eigenvalue weighted by Gasteiger charge is 2.33. The van der Waals surface area contributed by atoms with Gasteiger partial charge in [-0.15, -0.1) is 0 Å². The van der Waals surface area contributed by atoms with E-state index in [-0.39, 0.29) is 11.4 Å². The molecule has 132 valence electrons. The molecule has 0 saturated carbocycles. The summed E-state index contributed by atoms with van der Waals surface area (Å²) < 4.78 is 38.9. The van der Waals surface area contributed by atoms with Crippen molar-refractivity contribution in [3.63, 3.8) is 0 Å². The third kappa shape index (κ3) is 4.07. The summed E-state index contributed by atoms with van der Waals surface area (Å²) in [5, 5.41) is 2.26. The average Bonchev–Trinajstić information content (AvgIpc) is 2.62. The molecule has 25 heavy (non-hydrogen) atoms. The first-order chi connectivity index (χ1) is 11.9. The molecule has 8 heteroatoms. The lowest BCUT2D eigenvalue weighted by atomic mass is 10.1. The number of hydrogen-bond acceptors (Lipinski definition) is 4. The highest BCUT2D eigenvalue weighted by atomic mass is 19.4. The van der Waals surface area contributed by atoms with Crippen molar-refractivity contribution in [2.75, 3.05) is 23.3 Å². The number of carbonyl (C=O) groups excluding carboxylic acids is 1. The number of rotatable bonds is 3. The Morgan fingerprint density at radius 3 is 2.40 bits per heavy atom. The minimum atomic E-state index is -4.55. The van der Waals surface area contributed by atoms with E-state index < -0.39 is 17.6 Å². The van der Waals surface area contributed by atoms with E-state index in [1.54, 1.807) is 0 Å². The van der Waals surface area contributed by atoms with Crippen LogP contribution in [0.15, 0.2) is 36.7 Å². The number of nitrogens with zero attached hydrogens (tertiary/aromatic N) is 3. The van der Waals surface area contributed by atoms with Crippen molar-refractivity contribution >= 4 is 17.4 Å². The van der Waals surface area contributed by atoms with Crippen LogP contribution in [0.2, 0.25) is 0 Å². The molecule has 2 aromatic rings. The highest BCUT2D eigenvalue weighted by Crippen LogP contribution is 2.34. The number of benzene rings is 1. The molecule has 1 aromatic carbocycles. The monoisotopic (exact) mass is 350 g/mol. The molecule has 2 heterocycles. The SMILES string of the molecule is O=C(Nc1ccccc1C(F)(F)F)c1cnc(N2CCCCC2)cn1. The number of carbonyl (C=O) groups is 1. The van der Waals surface area contributed by atoms with Gasteiger partial charge in [-0.3, -0.25) is 4.79 Å². The van der Waals surface area contributed by atoms with Gasteiger partial charge in [-0.05, 0) is 31.4 Å². The normalized spacial score (nSPS) is 15.1. The molecule has 1 aliphatic heterocycles. The summed E-state index contributed by atoms with van der Waals surface area (Å²) in [6.07, 6.45) is 1.57. The molecule has 0 unspecified atom stereocenters. The molecule has 3 rings (SSSR count). The molecule has 0 spiro atoms. The van der Waals surface area contributed by atoms with Crippen molar-refractivity contribution in [2.45, 2.75) is 25.4 Å². The number of hydrogen-bond donors (Lipinski definition) is 1. The van der Waals surface area contributed by atoms with E-state index in [0.29, 0.717) is 5.82 Å². The van der Waals surface area contributed by atoms with E-state index in [1.807, 2.05) is 0 Å². The first-order valence-electron chi connectivity index (χ1n) is 8.00. The highest BCUT2D eigenvalue weighted by molar-refractivity contribution is 6.03. The number of nitrogens with one attached hydrogen (secondary N) is 1. The van der Waals surface area contributed by atoms with Crippen LogP contribution in [0, 0.1) is 0 Å². The van der Waals surface area contributed by atoms with Crippen LogP contribution < -0.4 is 10.2 Å². The maximum atomic E-state index is 13.0. The van der Waals surface area contributed by atoms with Gasteiger partial charge in [0.05, 0.1) is 23.6 Å². The first kappa shape index (κ1) is 17.2. The molecule has 1 fully saturated rings. The van der Waals surface area contributed by atoms with E-state index in [0.717, 1.165) is 32.0 Å². The van der Waals surface area contributed by atoms with E-state index in [1.165, 1.54) is 37.0 Å². The number of piperidine rings is 1. The summed E-state index contributed by atoms with van der Waals surface area (Å²) in [4.78, 5) is 22.5. The second kappa shape index (κ2) is 7.08. The van der Waals surface area contributed by atoms with Crippen LogP contribution in [0.1, 0.15) is 35.3 Å². The molecular weight excluding hydrogens is 333 g/mol. The molecule has 0 bridgehead atoms. The lowest BCUT2D eigenvalue weighted by Gasteiger charge is -2.27. The molecule has 1 amide bonds. The van der Waals surface area contributed by atoms with Gasteiger partial charge in [0, 0.05) is 13.1 Å². The van der Waals surface area contributed by atoms with Gasteiger partial charge in [0.1, 0.15) is 11.5 Å². The second-order valence-electron chi connectivity index (χ2n) is 5.81. The van der Waals surface area contributed by atoms with Crippen LogP contribution in [0.25, 0.3) is 0 Å². The maximum absolute atomic E-state index is 13.0. The Morgan fingerprint density at radius 1 is 1.04 bits per heavy atom. The maximum Gasteiger partial charge on any atom is 0.418 e. The molecule has 1 aromatic heterocycles. The number of halogens is 3. The molecule has 0 radical (unpaired) electrons. The number of para-hydroxylation sites is 1. The number of aromatic nitrogens is 2. The van der Waals surface area contributed by atoms with Crippen LogP contribution in [0.3, 0.4) is 0 Å². The van der Waals surface area contributed by atoms with Gasteiger partial charge < -0.3 is 10.2 Å². The van der Waals surface area contributed by atoms with Gasteiger partial charge in [0.2, 0.25) is 0 Å². The summed E-state index contributed by atoms with van der Waals surface area (Å²) in [5.74, 6) is -0.0543. The molecule has 5 nitrogen and oxygen atoms in total. The van der Waals surface area contributed by atoms with Gasteiger partial charge in [0.15, 0.2) is 0 Å². The Morgan fingerprint density at radius 2 is 1.76 bits per heavy atom. The molecule has 1 N–H and O–H groups in total. The van der Waals surface area contributed by atoms with Crippen LogP contribution >= 0.6 is 0 Å². The van der Waals surface area contributed by atoms with Crippen molar-refractivity contribution in [3.05, 3.63) is 47.9 Å². The predicted molar refractivity (Wildman–Crippen MR) is 87.5 cm³/mol. The molecular formula is C17H17F3N4O. The molecule has 1 saturated heterocycles. The van der Waals surface area contributed by atoms with Crippen molar-refractivity contribution in [1.82, 2.24) is 9.97 Å². The number of alkyl halides is 3. The van der Waals surface area contributed by atoms with Gasteiger partial charge in [0.25, 0.3) is 5.91 Å². The van der Waals surface area contributed by atoms with E-state index >= 15 is 0 Å². The summed E-state index contributed by atoms with van der Waals surface area (Å²) in [5.41, 5.74) is -1.24. The quantitative estimate of drug-likeness (QED) is 0.916. The minimum Gasteiger partial charge on any atom is -0.355 e. The van der Waals surface area contributed by atoms with E-state index in [9.17, 15) is 18.0 Å². The first-order valence-corrected chi connectivity index (χ1v) is 8.00. The third-order valence-electron chi connectivity index (χ3n) is 4.03. The van der Waals surface area contributed by atoms with E-state index in [2.05, 4.69) is 20.2 Å². The number of amides is 1. The standard InChI is InChI=1S/C17H17F3N4O/c18-17(19,20)12-6-2-3-7-13(12)23-16(25)14-10-22-15(11-21-14)24-8-4-1-5-9-24/h2-3,6-7,10-11H,1,4-5,8-9H2,(H,23,25). The van der Waals surface area contributed by atoms with Crippen molar-refractivity contribution in [1.29, 1.82) is 0 Å². The smallest absolute Gasteiger partial charge is 0.355 e. The lowest BCUT2D eigenvalue weighted by Crippen LogP contribution is -2.30. The lowest BCUT2D eigenvalue weighted by molar-refractivity contribution is -0.136. The molecule has 0 atom stereocenters. The van der Waals surface area contributed by atoms with Crippen LogP contribution in [0.5, 0.6) is 0 Å². The average molecular weight is 350 g/mol. The zero-order valence-electron chi connectivity index (χ0n) is 13.4. The fourth-order valence-corrected chi connectivity index (χ4v) is 2.75. The van der Waals surface area contributed by atoms with Crippen LogP contribution in [0.4, 0.5) is 24.7 Å². The van der Waals surface area contributed by atoms with Crippen LogP contribution in [-0.2, 0) is 6.18 Å². The van der Waals surface area contributed by atoms with Gasteiger partial charge in [-0.25, -0.2) is 9.97 Å². The Hall–Kier alpha value is -2.64. The van der Waals surface area contributed by atoms with E-state index in [4.69, 9.17) is 0 Å². The van der Waals surface area contributed by atoms with Crippen LogP contribution in [-0.4, -0.2) is 29.0 Å². The largest absolute Gasteiger partial charge is 0.418 e.